The van der Waals surface area contributed by atoms with Gasteiger partial charge in [0.25, 0.3) is 0 Å². The number of amides is 1. The molecule has 0 bridgehead atoms. The molecule has 7 nitrogen and oxygen atoms in total. The normalized spacial score (nSPS) is 17.1. The summed E-state index contributed by atoms with van der Waals surface area (Å²) in [6, 6.07) is 0. The highest BCUT2D eigenvalue weighted by atomic mass is 16.5. The predicted octanol–water partition coefficient (Wildman–Crippen LogP) is 2.42. The first kappa shape index (κ1) is 19.4. The lowest BCUT2D eigenvalue weighted by Gasteiger charge is -2.35. The summed E-state index contributed by atoms with van der Waals surface area (Å²) in [6.45, 7) is 6.08. The quantitative estimate of drug-likeness (QED) is 0.736. The molecule has 140 valence electrons. The zero-order chi connectivity index (χ0) is 18.5. The lowest BCUT2D eigenvalue weighted by molar-refractivity contribution is -0.152. The van der Waals surface area contributed by atoms with Crippen molar-refractivity contribution in [3.8, 4) is 0 Å². The van der Waals surface area contributed by atoms with Gasteiger partial charge in [0.05, 0.1) is 18.5 Å². The SMILES string of the molecule is CCOC(=O)C(C)(C)n1cc(NC(=O)CC2(CN)CCCCC2)cn1. The molecule has 3 N–H and O–H groups in total. The van der Waals surface area contributed by atoms with Crippen LogP contribution in [-0.2, 0) is 19.9 Å². The van der Waals surface area contributed by atoms with E-state index in [1.54, 1.807) is 33.2 Å². The second kappa shape index (κ2) is 7.99. The van der Waals surface area contributed by atoms with E-state index in [1.165, 1.54) is 11.1 Å². The molecule has 0 radical (unpaired) electrons. The van der Waals surface area contributed by atoms with E-state index in [1.807, 2.05) is 0 Å². The Bertz CT molecular complexity index is 603. The van der Waals surface area contributed by atoms with Crippen molar-refractivity contribution in [3.63, 3.8) is 0 Å². The van der Waals surface area contributed by atoms with Crippen molar-refractivity contribution in [1.82, 2.24) is 9.78 Å². The van der Waals surface area contributed by atoms with E-state index in [4.69, 9.17) is 10.5 Å². The molecular formula is C18H30N4O3. The van der Waals surface area contributed by atoms with Crippen LogP contribution in [0.25, 0.3) is 0 Å². The van der Waals surface area contributed by atoms with Crippen molar-refractivity contribution in [2.45, 2.75) is 64.8 Å². The summed E-state index contributed by atoms with van der Waals surface area (Å²) in [5.74, 6) is -0.416. The topological polar surface area (TPSA) is 99.2 Å². The van der Waals surface area contributed by atoms with Crippen LogP contribution in [-0.4, -0.2) is 34.8 Å². The average Bonchev–Trinajstić information content (AvgIpc) is 3.05. The number of ether oxygens (including phenoxy) is 1. The number of rotatable bonds is 7. The molecule has 1 amide bonds. The van der Waals surface area contributed by atoms with E-state index < -0.39 is 5.54 Å². The fraction of sp³-hybridized carbons (Fsp3) is 0.722. The van der Waals surface area contributed by atoms with Gasteiger partial charge >= 0.3 is 5.97 Å². The fourth-order valence-corrected chi connectivity index (χ4v) is 3.39. The third kappa shape index (κ3) is 4.60. The molecule has 1 fully saturated rings. The Morgan fingerprint density at radius 2 is 2.04 bits per heavy atom. The summed E-state index contributed by atoms with van der Waals surface area (Å²) in [4.78, 5) is 24.5. The Hall–Kier alpha value is -1.89. The molecule has 1 aliphatic rings. The summed E-state index contributed by atoms with van der Waals surface area (Å²) in [5.41, 5.74) is 5.52. The van der Waals surface area contributed by atoms with Crippen molar-refractivity contribution in [2.75, 3.05) is 18.5 Å². The zero-order valence-corrected chi connectivity index (χ0v) is 15.5. The minimum absolute atomic E-state index is 0.0548. The number of hydrogen-bond acceptors (Lipinski definition) is 5. The van der Waals surface area contributed by atoms with Gasteiger partial charge in [0.15, 0.2) is 5.54 Å². The van der Waals surface area contributed by atoms with Crippen LogP contribution in [0.4, 0.5) is 5.69 Å². The molecular weight excluding hydrogens is 320 g/mol. The number of nitrogens with two attached hydrogens (primary N) is 1. The van der Waals surface area contributed by atoms with E-state index in [2.05, 4.69) is 10.4 Å². The number of esters is 1. The first-order valence-electron chi connectivity index (χ1n) is 9.05. The zero-order valence-electron chi connectivity index (χ0n) is 15.5. The minimum atomic E-state index is -0.930. The lowest BCUT2D eigenvalue weighted by atomic mass is 9.71. The van der Waals surface area contributed by atoms with Crippen LogP contribution < -0.4 is 11.1 Å². The van der Waals surface area contributed by atoms with Gasteiger partial charge in [0.2, 0.25) is 5.91 Å². The number of carbonyl (C=O) groups excluding carboxylic acids is 2. The summed E-state index contributed by atoms with van der Waals surface area (Å²) < 4.78 is 6.59. The third-order valence-electron chi connectivity index (χ3n) is 5.10. The average molecular weight is 350 g/mol. The number of nitrogens with zero attached hydrogens (tertiary/aromatic N) is 2. The van der Waals surface area contributed by atoms with Crippen molar-refractivity contribution < 1.29 is 14.3 Å². The smallest absolute Gasteiger partial charge is 0.333 e. The van der Waals surface area contributed by atoms with Gasteiger partial charge in [0, 0.05) is 12.6 Å². The Morgan fingerprint density at radius 1 is 1.36 bits per heavy atom. The molecule has 1 heterocycles. The summed E-state index contributed by atoms with van der Waals surface area (Å²) >= 11 is 0. The molecule has 1 saturated carbocycles. The number of aromatic nitrogens is 2. The van der Waals surface area contributed by atoms with E-state index in [9.17, 15) is 9.59 Å². The summed E-state index contributed by atoms with van der Waals surface area (Å²) in [7, 11) is 0. The van der Waals surface area contributed by atoms with Gasteiger partial charge in [-0.25, -0.2) is 4.79 Å². The molecule has 0 aliphatic heterocycles. The molecule has 1 aromatic rings. The second-order valence-electron chi connectivity index (χ2n) is 7.44. The molecule has 0 unspecified atom stereocenters. The van der Waals surface area contributed by atoms with Crippen LogP contribution in [0, 0.1) is 5.41 Å². The second-order valence-corrected chi connectivity index (χ2v) is 7.44. The lowest BCUT2D eigenvalue weighted by Crippen LogP contribution is -2.38. The summed E-state index contributed by atoms with van der Waals surface area (Å²) in [5, 5.41) is 7.09. The first-order chi connectivity index (χ1) is 11.8. The Kier molecular flexibility index (Phi) is 6.21. The monoisotopic (exact) mass is 350 g/mol. The maximum absolute atomic E-state index is 12.4. The van der Waals surface area contributed by atoms with Crippen molar-refractivity contribution >= 4 is 17.6 Å². The molecule has 0 aromatic carbocycles. The van der Waals surface area contributed by atoms with E-state index in [0.29, 0.717) is 25.3 Å². The van der Waals surface area contributed by atoms with Crippen molar-refractivity contribution in [3.05, 3.63) is 12.4 Å². The van der Waals surface area contributed by atoms with Gasteiger partial charge in [-0.15, -0.1) is 0 Å². The molecule has 0 atom stereocenters. The van der Waals surface area contributed by atoms with Gasteiger partial charge in [-0.2, -0.15) is 5.10 Å². The fourth-order valence-electron chi connectivity index (χ4n) is 3.39. The Balaban J connectivity index is 2.00. The minimum Gasteiger partial charge on any atom is -0.464 e. The van der Waals surface area contributed by atoms with Crippen LogP contribution in [0.15, 0.2) is 12.4 Å². The maximum atomic E-state index is 12.4. The van der Waals surface area contributed by atoms with E-state index >= 15 is 0 Å². The van der Waals surface area contributed by atoms with E-state index in [-0.39, 0.29) is 17.3 Å². The maximum Gasteiger partial charge on any atom is 0.333 e. The standard InChI is InChI=1S/C18H30N4O3/c1-4-25-16(24)17(2,3)22-12-14(11-20-22)21-15(23)10-18(13-19)8-6-5-7-9-18/h11-12H,4-10,13,19H2,1-3H3,(H,21,23). The molecule has 0 saturated heterocycles. The van der Waals surface area contributed by atoms with Crippen LogP contribution in [0.1, 0.15) is 59.3 Å². The molecule has 7 heteroatoms. The highest BCUT2D eigenvalue weighted by molar-refractivity contribution is 5.91. The van der Waals surface area contributed by atoms with Gasteiger partial charge < -0.3 is 15.8 Å². The molecule has 1 aliphatic carbocycles. The van der Waals surface area contributed by atoms with Crippen molar-refractivity contribution in [1.29, 1.82) is 0 Å². The molecule has 25 heavy (non-hydrogen) atoms. The Morgan fingerprint density at radius 3 is 2.64 bits per heavy atom. The first-order valence-corrected chi connectivity index (χ1v) is 9.05. The number of anilines is 1. The highest BCUT2D eigenvalue weighted by Crippen LogP contribution is 2.38. The van der Waals surface area contributed by atoms with Crippen LogP contribution in [0.3, 0.4) is 0 Å². The highest BCUT2D eigenvalue weighted by Gasteiger charge is 2.34. The van der Waals surface area contributed by atoms with Crippen LogP contribution >= 0.6 is 0 Å². The Labute approximate surface area is 149 Å². The van der Waals surface area contributed by atoms with Crippen LogP contribution in [0.2, 0.25) is 0 Å². The molecule has 0 spiro atoms. The molecule has 1 aromatic heterocycles. The van der Waals surface area contributed by atoms with Gasteiger partial charge in [-0.3, -0.25) is 9.48 Å². The molecule has 2 rings (SSSR count). The summed E-state index contributed by atoms with van der Waals surface area (Å²) in [6.07, 6.45) is 9.14. The van der Waals surface area contributed by atoms with Gasteiger partial charge in [0.1, 0.15) is 0 Å². The largest absolute Gasteiger partial charge is 0.464 e. The van der Waals surface area contributed by atoms with Crippen LogP contribution in [0.5, 0.6) is 0 Å². The van der Waals surface area contributed by atoms with Crippen molar-refractivity contribution in [2.24, 2.45) is 11.1 Å². The number of nitrogens with one attached hydrogen (secondary N) is 1. The third-order valence-corrected chi connectivity index (χ3v) is 5.10. The predicted molar refractivity (Wildman–Crippen MR) is 96.0 cm³/mol. The van der Waals surface area contributed by atoms with Gasteiger partial charge in [-0.1, -0.05) is 19.3 Å². The van der Waals surface area contributed by atoms with E-state index in [0.717, 1.165) is 25.7 Å². The number of hydrogen-bond donors (Lipinski definition) is 2. The number of carbonyl (C=O) groups is 2. The van der Waals surface area contributed by atoms with Gasteiger partial charge in [-0.05, 0) is 45.6 Å².